The highest BCUT2D eigenvalue weighted by molar-refractivity contribution is 5.92. The van der Waals surface area contributed by atoms with Crippen molar-refractivity contribution in [3.05, 3.63) is 125 Å². The number of hydrogen-bond donors (Lipinski definition) is 2. The average Bonchev–Trinajstić information content (AvgIpc) is 3.34. The zero-order valence-electron chi connectivity index (χ0n) is 19.9. The number of carboxylic acid groups (broad SMARTS) is 1. The molecule has 182 valence electrons. The van der Waals surface area contributed by atoms with Crippen molar-refractivity contribution < 1.29 is 14.7 Å². The quantitative estimate of drug-likeness (QED) is 0.396. The molecule has 4 aromatic rings. The van der Waals surface area contributed by atoms with Gasteiger partial charge in [-0.15, -0.1) is 0 Å². The zero-order chi connectivity index (χ0) is 24.9. The molecular formula is C29H28N4O3. The standard InChI is InChI=1S/C29H28N4O3/c34-28(30-15-14-21-10-7-13-24(18-21)29(35)36)25-20-33-17-16-32(19-22-8-3-1-4-9-22)26(27(33)31-25)23-11-5-2-6-12-23/h1-13,18,20,26H,14-17,19H2,(H,30,34)(H,35,36). The molecule has 0 aliphatic carbocycles. The minimum atomic E-state index is -0.959. The number of aromatic nitrogens is 2. The number of amides is 1. The lowest BCUT2D eigenvalue weighted by Crippen LogP contribution is -2.38. The van der Waals surface area contributed by atoms with Crippen LogP contribution in [0.4, 0.5) is 0 Å². The molecule has 7 nitrogen and oxygen atoms in total. The van der Waals surface area contributed by atoms with Crippen LogP contribution in [0, 0.1) is 0 Å². The summed E-state index contributed by atoms with van der Waals surface area (Å²) in [5.41, 5.74) is 3.88. The Labute approximate surface area is 210 Å². The minimum Gasteiger partial charge on any atom is -0.478 e. The van der Waals surface area contributed by atoms with Gasteiger partial charge in [-0.05, 0) is 35.2 Å². The molecule has 0 bridgehead atoms. The Morgan fingerprint density at radius 1 is 0.917 bits per heavy atom. The normalized spacial score (nSPS) is 15.3. The van der Waals surface area contributed by atoms with Crippen LogP contribution in [0.15, 0.2) is 91.1 Å². The Morgan fingerprint density at radius 3 is 2.39 bits per heavy atom. The Morgan fingerprint density at radius 2 is 1.64 bits per heavy atom. The van der Waals surface area contributed by atoms with Crippen LogP contribution in [0.2, 0.25) is 0 Å². The molecule has 0 saturated carbocycles. The number of carbonyl (C=O) groups is 2. The van der Waals surface area contributed by atoms with E-state index in [0.29, 0.717) is 18.7 Å². The molecule has 2 heterocycles. The van der Waals surface area contributed by atoms with Crippen molar-refractivity contribution in [2.24, 2.45) is 0 Å². The van der Waals surface area contributed by atoms with Gasteiger partial charge < -0.3 is 15.0 Å². The van der Waals surface area contributed by atoms with Crippen LogP contribution >= 0.6 is 0 Å². The van der Waals surface area contributed by atoms with Crippen LogP contribution in [0.5, 0.6) is 0 Å². The van der Waals surface area contributed by atoms with Gasteiger partial charge in [0.05, 0.1) is 11.6 Å². The molecule has 0 spiro atoms. The summed E-state index contributed by atoms with van der Waals surface area (Å²) in [4.78, 5) is 31.3. The number of imidazole rings is 1. The zero-order valence-corrected chi connectivity index (χ0v) is 19.9. The summed E-state index contributed by atoms with van der Waals surface area (Å²) in [5.74, 6) is -0.325. The third kappa shape index (κ3) is 5.21. The largest absolute Gasteiger partial charge is 0.478 e. The number of nitrogens with zero attached hydrogens (tertiary/aromatic N) is 3. The van der Waals surface area contributed by atoms with Crippen molar-refractivity contribution in [3.8, 4) is 0 Å². The second-order valence-corrected chi connectivity index (χ2v) is 8.96. The predicted octanol–water partition coefficient (Wildman–Crippen LogP) is 4.16. The summed E-state index contributed by atoms with van der Waals surface area (Å²) >= 11 is 0. The van der Waals surface area contributed by atoms with Gasteiger partial charge >= 0.3 is 5.97 Å². The lowest BCUT2D eigenvalue weighted by molar-refractivity contribution is 0.0696. The van der Waals surface area contributed by atoms with Crippen molar-refractivity contribution in [1.29, 1.82) is 0 Å². The Bertz CT molecular complexity index is 1350. The molecule has 36 heavy (non-hydrogen) atoms. The monoisotopic (exact) mass is 480 g/mol. The van der Waals surface area contributed by atoms with E-state index in [0.717, 1.165) is 36.6 Å². The molecule has 7 heteroatoms. The summed E-state index contributed by atoms with van der Waals surface area (Å²) in [7, 11) is 0. The van der Waals surface area contributed by atoms with E-state index in [1.54, 1.807) is 18.2 Å². The summed E-state index contributed by atoms with van der Waals surface area (Å²) in [6.07, 6.45) is 2.38. The molecule has 0 fully saturated rings. The molecule has 1 unspecified atom stereocenters. The fourth-order valence-electron chi connectivity index (χ4n) is 4.72. The number of benzene rings is 3. The SMILES string of the molecule is O=C(O)c1cccc(CCNC(=O)c2cn3c(n2)C(c2ccccc2)N(Cc2ccccc2)CC3)c1. The van der Waals surface area contributed by atoms with E-state index in [4.69, 9.17) is 4.98 Å². The third-order valence-corrected chi connectivity index (χ3v) is 6.49. The van der Waals surface area contributed by atoms with Crippen molar-refractivity contribution >= 4 is 11.9 Å². The molecule has 5 rings (SSSR count). The Kier molecular flexibility index (Phi) is 6.91. The van der Waals surface area contributed by atoms with E-state index in [1.165, 1.54) is 5.56 Å². The maximum atomic E-state index is 12.9. The number of rotatable bonds is 8. The average molecular weight is 481 g/mol. The first-order valence-corrected chi connectivity index (χ1v) is 12.1. The van der Waals surface area contributed by atoms with Crippen LogP contribution < -0.4 is 5.32 Å². The molecule has 0 saturated heterocycles. The first-order valence-electron chi connectivity index (χ1n) is 12.1. The summed E-state index contributed by atoms with van der Waals surface area (Å²) < 4.78 is 2.09. The number of nitrogens with one attached hydrogen (secondary N) is 1. The molecule has 1 atom stereocenters. The smallest absolute Gasteiger partial charge is 0.335 e. The fourth-order valence-corrected chi connectivity index (χ4v) is 4.72. The van der Waals surface area contributed by atoms with Gasteiger partial charge in [0.1, 0.15) is 11.5 Å². The van der Waals surface area contributed by atoms with E-state index in [9.17, 15) is 14.7 Å². The van der Waals surface area contributed by atoms with Crippen molar-refractivity contribution in [2.45, 2.75) is 25.6 Å². The lowest BCUT2D eigenvalue weighted by atomic mass is 10.0. The summed E-state index contributed by atoms with van der Waals surface area (Å²) in [6.45, 7) is 2.79. The maximum Gasteiger partial charge on any atom is 0.335 e. The molecule has 3 aromatic carbocycles. The van der Waals surface area contributed by atoms with Gasteiger partial charge in [-0.25, -0.2) is 9.78 Å². The topological polar surface area (TPSA) is 87.5 Å². The van der Waals surface area contributed by atoms with Gasteiger partial charge in [0.25, 0.3) is 5.91 Å². The predicted molar refractivity (Wildman–Crippen MR) is 137 cm³/mol. The molecule has 1 amide bonds. The van der Waals surface area contributed by atoms with Crippen LogP contribution in [-0.2, 0) is 19.5 Å². The van der Waals surface area contributed by atoms with E-state index in [1.807, 2.05) is 36.5 Å². The number of carboxylic acids is 1. The van der Waals surface area contributed by atoms with Crippen molar-refractivity contribution in [3.63, 3.8) is 0 Å². The molecular weight excluding hydrogens is 452 g/mol. The van der Waals surface area contributed by atoms with Gasteiger partial charge in [0.2, 0.25) is 0 Å². The van der Waals surface area contributed by atoms with Crippen LogP contribution in [0.3, 0.4) is 0 Å². The first kappa shape index (κ1) is 23.5. The van der Waals surface area contributed by atoms with Gasteiger partial charge in [-0.3, -0.25) is 9.69 Å². The lowest BCUT2D eigenvalue weighted by Gasteiger charge is -2.36. The van der Waals surface area contributed by atoms with Gasteiger partial charge in [0, 0.05) is 32.4 Å². The second kappa shape index (κ2) is 10.6. The van der Waals surface area contributed by atoms with Crippen LogP contribution in [-0.4, -0.2) is 44.5 Å². The van der Waals surface area contributed by atoms with Crippen molar-refractivity contribution in [1.82, 2.24) is 19.8 Å². The number of fused-ring (bicyclic) bond motifs is 1. The van der Waals surface area contributed by atoms with Crippen LogP contribution in [0.1, 0.15) is 49.4 Å². The van der Waals surface area contributed by atoms with Gasteiger partial charge in [-0.1, -0.05) is 72.8 Å². The summed E-state index contributed by atoms with van der Waals surface area (Å²) in [6, 6.07) is 27.4. The van der Waals surface area contributed by atoms with E-state index >= 15 is 0 Å². The van der Waals surface area contributed by atoms with E-state index < -0.39 is 5.97 Å². The highest BCUT2D eigenvalue weighted by atomic mass is 16.4. The third-order valence-electron chi connectivity index (χ3n) is 6.49. The van der Waals surface area contributed by atoms with Crippen LogP contribution in [0.25, 0.3) is 0 Å². The second-order valence-electron chi connectivity index (χ2n) is 8.96. The highest BCUT2D eigenvalue weighted by Gasteiger charge is 2.32. The molecule has 1 aliphatic rings. The molecule has 1 aliphatic heterocycles. The number of aromatic carboxylic acids is 1. The number of hydrogen-bond acceptors (Lipinski definition) is 4. The molecule has 2 N–H and O–H groups in total. The maximum absolute atomic E-state index is 12.9. The first-order chi connectivity index (χ1) is 17.6. The van der Waals surface area contributed by atoms with Crippen molar-refractivity contribution in [2.75, 3.05) is 13.1 Å². The molecule has 1 aromatic heterocycles. The highest BCUT2D eigenvalue weighted by Crippen LogP contribution is 2.32. The van der Waals surface area contributed by atoms with Gasteiger partial charge in [0.15, 0.2) is 0 Å². The summed E-state index contributed by atoms with van der Waals surface area (Å²) in [5, 5.41) is 12.1. The number of carbonyl (C=O) groups excluding carboxylic acids is 1. The Balaban J connectivity index is 1.32. The van der Waals surface area contributed by atoms with Gasteiger partial charge in [-0.2, -0.15) is 0 Å². The Hall–Kier alpha value is -4.23. The van der Waals surface area contributed by atoms with E-state index in [-0.39, 0.29) is 17.5 Å². The fraction of sp³-hybridized carbons (Fsp3) is 0.207. The minimum absolute atomic E-state index is 0.0551. The van der Waals surface area contributed by atoms with E-state index in [2.05, 4.69) is 51.2 Å². The molecule has 0 radical (unpaired) electrons.